The van der Waals surface area contributed by atoms with Crippen LogP contribution in [0.15, 0.2) is 35.9 Å². The van der Waals surface area contributed by atoms with Crippen molar-refractivity contribution in [3.05, 3.63) is 47.0 Å². The van der Waals surface area contributed by atoms with Crippen molar-refractivity contribution in [1.82, 2.24) is 4.90 Å². The van der Waals surface area contributed by atoms with Gasteiger partial charge in [-0.3, -0.25) is 14.5 Å². The number of hydrogen-bond acceptors (Lipinski definition) is 2. The van der Waals surface area contributed by atoms with Crippen molar-refractivity contribution in [2.45, 2.75) is 32.2 Å². The first-order valence-electron chi connectivity index (χ1n) is 6.31. The second-order valence-electron chi connectivity index (χ2n) is 5.00. The number of amides is 2. The molecule has 1 atom stereocenters. The van der Waals surface area contributed by atoms with E-state index in [4.69, 9.17) is 0 Å². The lowest BCUT2D eigenvalue weighted by molar-refractivity contribution is 0.0574. The molecule has 3 rings (SSSR count). The van der Waals surface area contributed by atoms with Crippen molar-refractivity contribution in [3.8, 4) is 0 Å². The van der Waals surface area contributed by atoms with Crippen molar-refractivity contribution < 1.29 is 9.59 Å². The molecule has 18 heavy (non-hydrogen) atoms. The molecule has 2 aliphatic rings. The van der Waals surface area contributed by atoms with E-state index in [9.17, 15) is 9.59 Å². The summed E-state index contributed by atoms with van der Waals surface area (Å²) < 4.78 is 0. The molecule has 0 aromatic heterocycles. The fourth-order valence-corrected chi connectivity index (χ4v) is 2.73. The van der Waals surface area contributed by atoms with Crippen LogP contribution >= 0.6 is 0 Å². The molecule has 1 aliphatic carbocycles. The van der Waals surface area contributed by atoms with Gasteiger partial charge in [0.15, 0.2) is 0 Å². The second kappa shape index (κ2) is 4.09. The number of hydrogen-bond donors (Lipinski definition) is 0. The van der Waals surface area contributed by atoms with Gasteiger partial charge in [-0.2, -0.15) is 0 Å². The average molecular weight is 241 g/mol. The van der Waals surface area contributed by atoms with E-state index in [0.29, 0.717) is 11.1 Å². The minimum atomic E-state index is -0.131. The first-order chi connectivity index (χ1) is 8.68. The minimum Gasteiger partial charge on any atom is -0.271 e. The summed E-state index contributed by atoms with van der Waals surface area (Å²) in [5.74, 6) is -0.262. The molecule has 0 saturated heterocycles. The summed E-state index contributed by atoms with van der Waals surface area (Å²) in [6, 6.07) is 7.11. The Bertz CT molecular complexity index is 524. The fraction of sp³-hybridized carbons (Fsp3) is 0.333. The first kappa shape index (κ1) is 11.2. The number of fused-ring (bicyclic) bond motifs is 1. The van der Waals surface area contributed by atoms with Gasteiger partial charge >= 0.3 is 0 Å². The van der Waals surface area contributed by atoms with Crippen molar-refractivity contribution in [2.75, 3.05) is 0 Å². The van der Waals surface area contributed by atoms with Crippen molar-refractivity contribution in [1.29, 1.82) is 0 Å². The molecule has 0 radical (unpaired) electrons. The quantitative estimate of drug-likeness (QED) is 0.560. The molecule has 0 saturated carbocycles. The van der Waals surface area contributed by atoms with Gasteiger partial charge < -0.3 is 0 Å². The molecular formula is C15H15NO2. The van der Waals surface area contributed by atoms with Gasteiger partial charge in [0.1, 0.15) is 0 Å². The number of carbonyl (C=O) groups is 2. The summed E-state index contributed by atoms with van der Waals surface area (Å²) in [4.78, 5) is 26.0. The van der Waals surface area contributed by atoms with Crippen LogP contribution in [-0.2, 0) is 0 Å². The SMILES string of the molecule is CC1=CC[C@@H](N2C(=O)c3ccccc3C2=O)CC1. The van der Waals surface area contributed by atoms with E-state index in [2.05, 4.69) is 13.0 Å². The lowest BCUT2D eigenvalue weighted by Gasteiger charge is -2.28. The fourth-order valence-electron chi connectivity index (χ4n) is 2.73. The molecule has 92 valence electrons. The lowest BCUT2D eigenvalue weighted by atomic mass is 9.95. The van der Waals surface area contributed by atoms with Crippen LogP contribution in [0.3, 0.4) is 0 Å². The topological polar surface area (TPSA) is 37.4 Å². The van der Waals surface area contributed by atoms with E-state index >= 15 is 0 Å². The number of imide groups is 1. The van der Waals surface area contributed by atoms with Crippen LogP contribution < -0.4 is 0 Å². The Morgan fingerprint density at radius 2 is 1.72 bits per heavy atom. The van der Waals surface area contributed by atoms with Crippen LogP contribution in [-0.4, -0.2) is 22.8 Å². The number of nitrogens with zero attached hydrogens (tertiary/aromatic N) is 1. The van der Waals surface area contributed by atoms with E-state index in [0.717, 1.165) is 19.3 Å². The Hall–Kier alpha value is -1.90. The highest BCUT2D eigenvalue weighted by atomic mass is 16.2. The van der Waals surface area contributed by atoms with E-state index in [1.54, 1.807) is 24.3 Å². The predicted octanol–water partition coefficient (Wildman–Crippen LogP) is 2.78. The van der Waals surface area contributed by atoms with Gasteiger partial charge in [0.2, 0.25) is 0 Å². The van der Waals surface area contributed by atoms with Crippen LogP contribution in [0.2, 0.25) is 0 Å². The maximum atomic E-state index is 12.3. The van der Waals surface area contributed by atoms with E-state index in [1.165, 1.54) is 10.5 Å². The molecule has 0 bridgehead atoms. The lowest BCUT2D eigenvalue weighted by Crippen LogP contribution is -2.40. The highest BCUT2D eigenvalue weighted by molar-refractivity contribution is 6.21. The summed E-state index contributed by atoms with van der Waals surface area (Å²) in [5, 5.41) is 0. The first-order valence-corrected chi connectivity index (χ1v) is 6.31. The molecule has 1 aromatic rings. The highest BCUT2D eigenvalue weighted by Gasteiger charge is 2.39. The van der Waals surface area contributed by atoms with Gasteiger partial charge in [-0.1, -0.05) is 23.8 Å². The zero-order valence-electron chi connectivity index (χ0n) is 10.3. The van der Waals surface area contributed by atoms with Gasteiger partial charge in [-0.15, -0.1) is 0 Å². The molecule has 3 heteroatoms. The molecule has 0 N–H and O–H groups in total. The third kappa shape index (κ3) is 1.58. The molecule has 1 aliphatic heterocycles. The van der Waals surface area contributed by atoms with E-state index in [1.807, 2.05) is 0 Å². The van der Waals surface area contributed by atoms with E-state index in [-0.39, 0.29) is 17.9 Å². The van der Waals surface area contributed by atoms with Crippen molar-refractivity contribution in [2.24, 2.45) is 0 Å². The number of allylic oxidation sites excluding steroid dienone is 1. The predicted molar refractivity (Wildman–Crippen MR) is 68.3 cm³/mol. The minimum absolute atomic E-state index is 0.0288. The van der Waals surface area contributed by atoms with Crippen LogP contribution in [0, 0.1) is 0 Å². The number of carbonyl (C=O) groups excluding carboxylic acids is 2. The standard InChI is InChI=1S/C15H15NO2/c1-10-6-8-11(9-7-10)16-14(17)12-4-2-3-5-13(12)15(16)18/h2-6,11H,7-9H2,1H3/t11-/m1/s1. The Balaban J connectivity index is 1.93. The molecule has 0 unspecified atom stereocenters. The third-order valence-electron chi connectivity index (χ3n) is 3.80. The molecule has 1 aromatic carbocycles. The largest absolute Gasteiger partial charge is 0.271 e. The number of benzene rings is 1. The maximum absolute atomic E-state index is 12.3. The molecule has 1 heterocycles. The summed E-state index contributed by atoms with van der Waals surface area (Å²) in [6.07, 6.45) is 4.78. The summed E-state index contributed by atoms with van der Waals surface area (Å²) in [7, 11) is 0. The Morgan fingerprint density at radius 1 is 1.11 bits per heavy atom. The van der Waals surface area contributed by atoms with Gasteiger partial charge in [0.05, 0.1) is 11.1 Å². The second-order valence-corrected chi connectivity index (χ2v) is 5.00. The van der Waals surface area contributed by atoms with Gasteiger partial charge in [-0.25, -0.2) is 0 Å². The molecule has 3 nitrogen and oxygen atoms in total. The third-order valence-corrected chi connectivity index (χ3v) is 3.80. The molecular weight excluding hydrogens is 226 g/mol. The Kier molecular flexibility index (Phi) is 2.54. The summed E-state index contributed by atoms with van der Waals surface area (Å²) in [6.45, 7) is 2.10. The monoisotopic (exact) mass is 241 g/mol. The zero-order valence-corrected chi connectivity index (χ0v) is 10.3. The van der Waals surface area contributed by atoms with Crippen molar-refractivity contribution >= 4 is 11.8 Å². The number of rotatable bonds is 1. The van der Waals surface area contributed by atoms with E-state index < -0.39 is 0 Å². The summed E-state index contributed by atoms with van der Waals surface area (Å²) >= 11 is 0. The van der Waals surface area contributed by atoms with Crippen molar-refractivity contribution in [3.63, 3.8) is 0 Å². The molecule has 2 amide bonds. The average Bonchev–Trinajstić information content (AvgIpc) is 2.64. The van der Waals surface area contributed by atoms with Gasteiger partial charge in [0.25, 0.3) is 11.8 Å². The molecule has 0 spiro atoms. The highest BCUT2D eigenvalue weighted by Crippen LogP contribution is 2.30. The Morgan fingerprint density at radius 3 is 2.22 bits per heavy atom. The van der Waals surface area contributed by atoms with Gasteiger partial charge in [0, 0.05) is 6.04 Å². The zero-order chi connectivity index (χ0) is 12.7. The van der Waals surface area contributed by atoms with Crippen LogP contribution in [0.5, 0.6) is 0 Å². The molecule has 0 fully saturated rings. The normalized spacial score (nSPS) is 23.1. The van der Waals surface area contributed by atoms with Crippen LogP contribution in [0.25, 0.3) is 0 Å². The smallest absolute Gasteiger partial charge is 0.261 e. The van der Waals surface area contributed by atoms with Crippen LogP contribution in [0.4, 0.5) is 0 Å². The summed E-state index contributed by atoms with van der Waals surface area (Å²) in [5.41, 5.74) is 2.45. The Labute approximate surface area is 106 Å². The van der Waals surface area contributed by atoms with Gasteiger partial charge in [-0.05, 0) is 38.3 Å². The van der Waals surface area contributed by atoms with Crippen LogP contribution in [0.1, 0.15) is 46.9 Å². The maximum Gasteiger partial charge on any atom is 0.261 e.